The fourth-order valence-corrected chi connectivity index (χ4v) is 5.16. The van der Waals surface area contributed by atoms with Crippen LogP contribution < -0.4 is 14.8 Å². The van der Waals surface area contributed by atoms with E-state index in [4.69, 9.17) is 33.3 Å². The Kier molecular flexibility index (Phi) is 8.30. The van der Waals surface area contributed by atoms with Gasteiger partial charge in [-0.2, -0.15) is 0 Å². The van der Waals surface area contributed by atoms with Crippen LogP contribution >= 0.6 is 35.6 Å². The van der Waals surface area contributed by atoms with Gasteiger partial charge in [-0.1, -0.05) is 72.0 Å². The summed E-state index contributed by atoms with van der Waals surface area (Å²) in [6.07, 6.45) is 1.77. The van der Waals surface area contributed by atoms with Gasteiger partial charge in [0.1, 0.15) is 4.32 Å². The van der Waals surface area contributed by atoms with Crippen LogP contribution in [-0.4, -0.2) is 34.8 Å². The van der Waals surface area contributed by atoms with Gasteiger partial charge >= 0.3 is 0 Å². The first-order valence-corrected chi connectivity index (χ1v) is 12.6. The maximum atomic E-state index is 13.1. The SMILES string of the molecule is COc1cc(/C=C2\SC(=S)N([C@@H](C)c3ccccc3)C2=O)ccc1OCC(=O)Nc1ccc(Cl)cc1. The molecule has 1 aliphatic heterocycles. The molecule has 1 fully saturated rings. The number of methoxy groups -OCH3 is 1. The second kappa shape index (κ2) is 11.6. The predicted molar refractivity (Wildman–Crippen MR) is 148 cm³/mol. The van der Waals surface area contributed by atoms with Crippen molar-refractivity contribution in [2.75, 3.05) is 19.0 Å². The molecule has 1 saturated heterocycles. The number of hydrogen-bond acceptors (Lipinski definition) is 6. The number of ether oxygens (including phenoxy) is 2. The first-order valence-electron chi connectivity index (χ1n) is 11.0. The zero-order valence-corrected chi connectivity index (χ0v) is 22.0. The van der Waals surface area contributed by atoms with Gasteiger partial charge in [-0.15, -0.1) is 0 Å². The number of thioether (sulfide) groups is 1. The molecule has 184 valence electrons. The van der Waals surface area contributed by atoms with Crippen molar-refractivity contribution in [3.05, 3.63) is 93.9 Å². The zero-order valence-electron chi connectivity index (χ0n) is 19.6. The van der Waals surface area contributed by atoms with Gasteiger partial charge in [0.2, 0.25) is 0 Å². The Balaban J connectivity index is 1.43. The lowest BCUT2D eigenvalue weighted by Crippen LogP contribution is -2.30. The average molecular weight is 539 g/mol. The third kappa shape index (κ3) is 6.07. The second-order valence-electron chi connectivity index (χ2n) is 7.89. The molecule has 3 aromatic rings. The molecule has 1 atom stereocenters. The van der Waals surface area contributed by atoms with E-state index in [9.17, 15) is 9.59 Å². The minimum atomic E-state index is -0.320. The van der Waals surface area contributed by atoms with Gasteiger partial charge in [0.05, 0.1) is 18.1 Å². The van der Waals surface area contributed by atoms with Gasteiger partial charge in [-0.25, -0.2) is 0 Å². The number of nitrogens with zero attached hydrogens (tertiary/aromatic N) is 1. The van der Waals surface area contributed by atoms with Crippen LogP contribution in [-0.2, 0) is 9.59 Å². The van der Waals surface area contributed by atoms with E-state index in [-0.39, 0.29) is 24.5 Å². The van der Waals surface area contributed by atoms with E-state index in [0.717, 1.165) is 11.1 Å². The number of carbonyl (C=O) groups is 2. The van der Waals surface area contributed by atoms with E-state index in [1.165, 1.54) is 18.9 Å². The Morgan fingerprint density at radius 3 is 2.53 bits per heavy atom. The van der Waals surface area contributed by atoms with Gasteiger partial charge < -0.3 is 14.8 Å². The Hall–Kier alpha value is -3.33. The van der Waals surface area contributed by atoms with Crippen LogP contribution in [0, 0.1) is 0 Å². The number of carbonyl (C=O) groups excluding carboxylic acids is 2. The Morgan fingerprint density at radius 2 is 1.83 bits per heavy atom. The number of benzene rings is 3. The summed E-state index contributed by atoms with van der Waals surface area (Å²) >= 11 is 12.6. The van der Waals surface area contributed by atoms with Crippen LogP contribution in [0.5, 0.6) is 11.5 Å². The Bertz CT molecular complexity index is 1310. The maximum absolute atomic E-state index is 13.1. The summed E-state index contributed by atoms with van der Waals surface area (Å²) in [6, 6.07) is 21.6. The standard InChI is InChI=1S/C27H23ClN2O4S2/c1-17(19-6-4-3-5-7-19)30-26(32)24(36-27(30)35)15-18-8-13-22(23(14-18)33-2)34-16-25(31)29-21-11-9-20(28)10-12-21/h3-15,17H,16H2,1-2H3,(H,29,31)/b24-15-/t17-/m0/s1. The summed E-state index contributed by atoms with van der Waals surface area (Å²) in [5, 5.41) is 3.33. The smallest absolute Gasteiger partial charge is 0.266 e. The van der Waals surface area contributed by atoms with Crippen LogP contribution in [0.3, 0.4) is 0 Å². The normalized spacial score (nSPS) is 15.2. The summed E-state index contributed by atoms with van der Waals surface area (Å²) in [4.78, 5) is 27.6. The van der Waals surface area contributed by atoms with Gasteiger partial charge in [-0.3, -0.25) is 14.5 Å². The number of rotatable bonds is 8. The molecule has 6 nitrogen and oxygen atoms in total. The molecule has 0 bridgehead atoms. The van der Waals surface area contributed by atoms with Crippen molar-refractivity contribution in [3.8, 4) is 11.5 Å². The molecule has 1 heterocycles. The molecule has 3 aromatic carbocycles. The van der Waals surface area contributed by atoms with Gasteiger partial charge in [0.25, 0.3) is 11.8 Å². The molecule has 0 radical (unpaired) electrons. The van der Waals surface area contributed by atoms with Crippen molar-refractivity contribution in [3.63, 3.8) is 0 Å². The summed E-state index contributed by atoms with van der Waals surface area (Å²) in [5.74, 6) is 0.390. The van der Waals surface area contributed by atoms with E-state index in [1.807, 2.05) is 37.3 Å². The van der Waals surface area contributed by atoms with Crippen molar-refractivity contribution in [2.45, 2.75) is 13.0 Å². The molecule has 9 heteroatoms. The highest BCUT2D eigenvalue weighted by molar-refractivity contribution is 8.26. The van der Waals surface area contributed by atoms with Crippen LogP contribution in [0.25, 0.3) is 6.08 Å². The zero-order chi connectivity index (χ0) is 25.7. The van der Waals surface area contributed by atoms with E-state index >= 15 is 0 Å². The van der Waals surface area contributed by atoms with Crippen molar-refractivity contribution < 1.29 is 19.1 Å². The number of thiocarbonyl (C=S) groups is 1. The number of halogens is 1. The van der Waals surface area contributed by atoms with Gasteiger partial charge in [0, 0.05) is 10.7 Å². The Labute approximate surface area is 224 Å². The number of nitrogens with one attached hydrogen (secondary N) is 1. The minimum absolute atomic E-state index is 0.139. The quantitative estimate of drug-likeness (QED) is 0.267. The summed E-state index contributed by atoms with van der Waals surface area (Å²) in [6.45, 7) is 1.76. The van der Waals surface area contributed by atoms with Crippen molar-refractivity contribution in [1.82, 2.24) is 4.90 Å². The van der Waals surface area contributed by atoms with Crippen molar-refractivity contribution in [2.24, 2.45) is 0 Å². The fourth-order valence-electron chi connectivity index (χ4n) is 3.61. The lowest BCUT2D eigenvalue weighted by molar-refractivity contribution is -0.123. The first-order chi connectivity index (χ1) is 17.4. The highest BCUT2D eigenvalue weighted by Gasteiger charge is 2.35. The number of anilines is 1. The van der Waals surface area contributed by atoms with E-state index in [1.54, 1.807) is 53.4 Å². The molecule has 0 spiro atoms. The predicted octanol–water partition coefficient (Wildman–Crippen LogP) is 6.33. The molecule has 0 unspecified atom stereocenters. The third-order valence-electron chi connectivity index (χ3n) is 5.47. The van der Waals surface area contributed by atoms with E-state index in [2.05, 4.69) is 5.32 Å². The molecule has 1 aliphatic rings. The molecular weight excluding hydrogens is 516 g/mol. The van der Waals surface area contributed by atoms with Gasteiger partial charge in [-0.05, 0) is 60.5 Å². The van der Waals surface area contributed by atoms with Crippen LogP contribution in [0.1, 0.15) is 24.1 Å². The monoisotopic (exact) mass is 538 g/mol. The van der Waals surface area contributed by atoms with Crippen LogP contribution in [0.4, 0.5) is 5.69 Å². The largest absolute Gasteiger partial charge is 0.493 e. The third-order valence-corrected chi connectivity index (χ3v) is 7.05. The first kappa shape index (κ1) is 25.8. The lowest BCUT2D eigenvalue weighted by atomic mass is 10.1. The van der Waals surface area contributed by atoms with Crippen molar-refractivity contribution >= 4 is 63.5 Å². The molecule has 1 N–H and O–H groups in total. The molecule has 0 saturated carbocycles. The van der Waals surface area contributed by atoms with Crippen molar-refractivity contribution in [1.29, 1.82) is 0 Å². The maximum Gasteiger partial charge on any atom is 0.266 e. The van der Waals surface area contributed by atoms with E-state index in [0.29, 0.717) is 31.4 Å². The van der Waals surface area contributed by atoms with E-state index < -0.39 is 0 Å². The molecule has 4 rings (SSSR count). The van der Waals surface area contributed by atoms with Gasteiger partial charge in [0.15, 0.2) is 18.1 Å². The second-order valence-corrected chi connectivity index (χ2v) is 10.0. The van der Waals surface area contributed by atoms with Crippen LogP contribution in [0.15, 0.2) is 77.7 Å². The molecule has 36 heavy (non-hydrogen) atoms. The highest BCUT2D eigenvalue weighted by atomic mass is 35.5. The van der Waals surface area contributed by atoms with Crippen LogP contribution in [0.2, 0.25) is 5.02 Å². The number of hydrogen-bond donors (Lipinski definition) is 1. The summed E-state index contributed by atoms with van der Waals surface area (Å²) in [5.41, 5.74) is 2.38. The minimum Gasteiger partial charge on any atom is -0.493 e. The molecule has 0 aromatic heterocycles. The lowest BCUT2D eigenvalue weighted by Gasteiger charge is -2.23. The highest BCUT2D eigenvalue weighted by Crippen LogP contribution is 2.39. The average Bonchev–Trinajstić information content (AvgIpc) is 3.16. The Morgan fingerprint density at radius 1 is 1.11 bits per heavy atom. The molecule has 2 amide bonds. The summed E-state index contributed by atoms with van der Waals surface area (Å²) < 4.78 is 11.6. The fraction of sp³-hybridized carbons (Fsp3) is 0.148. The summed E-state index contributed by atoms with van der Waals surface area (Å²) in [7, 11) is 1.51. The molecular formula is C27H23ClN2O4S2. The topological polar surface area (TPSA) is 67.9 Å². The molecule has 0 aliphatic carbocycles. The number of amides is 2.